The van der Waals surface area contributed by atoms with Gasteiger partial charge in [0.05, 0.1) is 42.3 Å². The maximum absolute atomic E-state index is 14.9. The van der Waals surface area contributed by atoms with Gasteiger partial charge in [-0.3, -0.25) is 23.7 Å². The second kappa shape index (κ2) is 10.8. The zero-order valence-electron chi connectivity index (χ0n) is 20.1. The first-order chi connectivity index (χ1) is 18.3. The van der Waals surface area contributed by atoms with Gasteiger partial charge in [0.1, 0.15) is 5.82 Å². The summed E-state index contributed by atoms with van der Waals surface area (Å²) in [7, 11) is 0. The molecule has 1 aliphatic carbocycles. The first-order valence-electron chi connectivity index (χ1n) is 12.0. The van der Waals surface area contributed by atoms with Crippen molar-refractivity contribution in [3.05, 3.63) is 88.1 Å². The van der Waals surface area contributed by atoms with E-state index < -0.39 is 35.4 Å². The average Bonchev–Trinajstić information content (AvgIpc) is 3.68. The number of aromatic nitrogens is 1. The predicted molar refractivity (Wildman–Crippen MR) is 139 cm³/mol. The Morgan fingerprint density at radius 1 is 0.895 bits per heavy atom. The molecule has 3 unspecified atom stereocenters. The summed E-state index contributed by atoms with van der Waals surface area (Å²) in [5.74, 6) is -4.99. The number of pyridine rings is 1. The van der Waals surface area contributed by atoms with Gasteiger partial charge in [0, 0.05) is 42.1 Å². The highest BCUT2D eigenvalue weighted by Gasteiger charge is 2.63. The van der Waals surface area contributed by atoms with E-state index in [1.165, 1.54) is 29.0 Å². The Labute approximate surface area is 222 Å². The summed E-state index contributed by atoms with van der Waals surface area (Å²) in [6.45, 7) is 1.48. The van der Waals surface area contributed by atoms with Gasteiger partial charge < -0.3 is 20.3 Å². The zero-order valence-corrected chi connectivity index (χ0v) is 20.9. The molecule has 1 saturated heterocycles. The molecule has 0 bridgehead atoms. The Hall–Kier alpha value is -4.02. The summed E-state index contributed by atoms with van der Waals surface area (Å²) < 4.78 is 21.5. The SMILES string of the molecule is O=C(Nc1ccc(Cl)cc1)C1C(C(=O)Nc2ccc(-n3ccccc3=O)cc2F)C1C(=O)N1CCOCC1. The van der Waals surface area contributed by atoms with Gasteiger partial charge in [0.2, 0.25) is 17.7 Å². The zero-order chi connectivity index (χ0) is 26.8. The molecule has 1 aromatic heterocycles. The van der Waals surface area contributed by atoms with E-state index in [0.717, 1.165) is 6.07 Å². The summed E-state index contributed by atoms with van der Waals surface area (Å²) in [5.41, 5.74) is 0.309. The highest BCUT2D eigenvalue weighted by atomic mass is 35.5. The molecular formula is C27H24ClFN4O5. The number of morpholine rings is 1. The number of carbonyl (C=O) groups excluding carboxylic acids is 3. The van der Waals surface area contributed by atoms with Gasteiger partial charge in [-0.1, -0.05) is 17.7 Å². The van der Waals surface area contributed by atoms with Crippen LogP contribution in [0.1, 0.15) is 0 Å². The molecule has 3 atom stereocenters. The molecule has 2 aliphatic rings. The minimum absolute atomic E-state index is 0.121. The van der Waals surface area contributed by atoms with Gasteiger partial charge in [0.25, 0.3) is 5.56 Å². The standard InChI is InChI=1S/C27H24ClFN4O5/c28-16-4-6-17(7-5-16)30-25(35)22-23(24(22)27(37)32-11-13-38-14-12-32)26(36)31-20-9-8-18(15-19(20)29)33-10-2-1-3-21(33)34/h1-10,15,22-24H,11-14H2,(H,30,35)(H,31,36). The molecule has 2 fully saturated rings. The van der Waals surface area contributed by atoms with Crippen LogP contribution in [0.5, 0.6) is 0 Å². The summed E-state index contributed by atoms with van der Waals surface area (Å²) in [4.78, 5) is 53.2. The van der Waals surface area contributed by atoms with Crippen molar-refractivity contribution in [1.29, 1.82) is 0 Å². The summed E-state index contributed by atoms with van der Waals surface area (Å²) in [6.07, 6.45) is 1.51. The number of hydrogen-bond donors (Lipinski definition) is 2. The Bertz CT molecular complexity index is 1440. The molecule has 9 nitrogen and oxygen atoms in total. The number of nitrogens with zero attached hydrogens (tertiary/aromatic N) is 2. The third-order valence-corrected chi connectivity index (χ3v) is 6.91. The van der Waals surface area contributed by atoms with Gasteiger partial charge in [0.15, 0.2) is 0 Å². The van der Waals surface area contributed by atoms with Crippen molar-refractivity contribution < 1.29 is 23.5 Å². The van der Waals surface area contributed by atoms with Gasteiger partial charge in [-0.15, -0.1) is 0 Å². The van der Waals surface area contributed by atoms with E-state index in [4.69, 9.17) is 16.3 Å². The lowest BCUT2D eigenvalue weighted by molar-refractivity contribution is -0.138. The van der Waals surface area contributed by atoms with Crippen LogP contribution < -0.4 is 16.2 Å². The summed E-state index contributed by atoms with van der Waals surface area (Å²) >= 11 is 5.91. The fraction of sp³-hybridized carbons (Fsp3) is 0.259. The minimum Gasteiger partial charge on any atom is -0.378 e. The Morgan fingerprint density at radius 3 is 2.24 bits per heavy atom. The smallest absolute Gasteiger partial charge is 0.255 e. The predicted octanol–water partition coefficient (Wildman–Crippen LogP) is 2.93. The molecule has 5 rings (SSSR count). The quantitative estimate of drug-likeness (QED) is 0.501. The van der Waals surface area contributed by atoms with Crippen LogP contribution in [0.15, 0.2) is 71.7 Å². The molecule has 1 aliphatic heterocycles. The van der Waals surface area contributed by atoms with Crippen LogP contribution in [0.2, 0.25) is 5.02 Å². The first-order valence-corrected chi connectivity index (χ1v) is 12.4. The Kier molecular flexibility index (Phi) is 7.26. The summed E-state index contributed by atoms with van der Waals surface area (Å²) in [6, 6.07) is 15.0. The fourth-order valence-corrected chi connectivity index (χ4v) is 4.76. The van der Waals surface area contributed by atoms with Crippen LogP contribution in [-0.2, 0) is 19.1 Å². The molecule has 196 valence electrons. The van der Waals surface area contributed by atoms with E-state index in [-0.39, 0.29) is 22.8 Å². The molecule has 2 N–H and O–H groups in total. The van der Waals surface area contributed by atoms with Crippen molar-refractivity contribution in [2.45, 2.75) is 0 Å². The van der Waals surface area contributed by atoms with Crippen LogP contribution >= 0.6 is 11.6 Å². The number of ether oxygens (including phenoxy) is 1. The van der Waals surface area contributed by atoms with Crippen LogP contribution in [0.4, 0.5) is 15.8 Å². The lowest BCUT2D eigenvalue weighted by Gasteiger charge is -2.27. The maximum atomic E-state index is 14.9. The molecule has 0 radical (unpaired) electrons. The van der Waals surface area contributed by atoms with Crippen LogP contribution in [0, 0.1) is 23.6 Å². The molecule has 2 heterocycles. The number of amides is 3. The van der Waals surface area contributed by atoms with Gasteiger partial charge in [-0.2, -0.15) is 0 Å². The number of benzene rings is 2. The van der Waals surface area contributed by atoms with Crippen molar-refractivity contribution in [3.63, 3.8) is 0 Å². The largest absolute Gasteiger partial charge is 0.378 e. The minimum atomic E-state index is -0.978. The first kappa shape index (κ1) is 25.6. The number of anilines is 2. The van der Waals surface area contributed by atoms with Crippen LogP contribution in [0.25, 0.3) is 5.69 Å². The van der Waals surface area contributed by atoms with E-state index in [2.05, 4.69) is 10.6 Å². The number of carbonyl (C=O) groups is 3. The molecular weight excluding hydrogens is 515 g/mol. The third kappa shape index (κ3) is 5.32. The number of hydrogen-bond acceptors (Lipinski definition) is 5. The molecule has 0 spiro atoms. The van der Waals surface area contributed by atoms with Gasteiger partial charge in [-0.25, -0.2) is 4.39 Å². The van der Waals surface area contributed by atoms with Gasteiger partial charge >= 0.3 is 0 Å². The second-order valence-electron chi connectivity index (χ2n) is 9.07. The van der Waals surface area contributed by atoms with E-state index in [1.54, 1.807) is 41.3 Å². The molecule has 1 saturated carbocycles. The van der Waals surface area contributed by atoms with E-state index in [9.17, 15) is 23.6 Å². The molecule has 3 aromatic rings. The van der Waals surface area contributed by atoms with Gasteiger partial charge in [-0.05, 0) is 42.5 Å². The average molecular weight is 539 g/mol. The molecule has 3 amide bonds. The van der Waals surface area contributed by atoms with E-state index in [1.807, 2.05) is 0 Å². The number of nitrogens with one attached hydrogen (secondary N) is 2. The number of halogens is 2. The summed E-state index contributed by atoms with van der Waals surface area (Å²) in [5, 5.41) is 5.74. The third-order valence-electron chi connectivity index (χ3n) is 6.66. The topological polar surface area (TPSA) is 110 Å². The highest BCUT2D eigenvalue weighted by molar-refractivity contribution is 6.30. The molecule has 11 heteroatoms. The Morgan fingerprint density at radius 2 is 1.58 bits per heavy atom. The van der Waals surface area contributed by atoms with Crippen molar-refractivity contribution in [1.82, 2.24) is 9.47 Å². The Balaban J connectivity index is 1.34. The molecule has 2 aromatic carbocycles. The van der Waals surface area contributed by atoms with E-state index in [0.29, 0.717) is 37.0 Å². The van der Waals surface area contributed by atoms with Crippen molar-refractivity contribution in [2.24, 2.45) is 17.8 Å². The second-order valence-corrected chi connectivity index (χ2v) is 9.51. The van der Waals surface area contributed by atoms with Crippen LogP contribution in [0.3, 0.4) is 0 Å². The monoisotopic (exact) mass is 538 g/mol. The van der Waals surface area contributed by atoms with E-state index >= 15 is 0 Å². The van der Waals surface area contributed by atoms with Crippen LogP contribution in [-0.4, -0.2) is 53.5 Å². The van der Waals surface area contributed by atoms with Crippen molar-refractivity contribution in [2.75, 3.05) is 36.9 Å². The molecule has 38 heavy (non-hydrogen) atoms. The fourth-order valence-electron chi connectivity index (χ4n) is 4.64. The highest BCUT2D eigenvalue weighted by Crippen LogP contribution is 2.49. The van der Waals surface area contributed by atoms with Crippen molar-refractivity contribution >= 4 is 40.7 Å². The lowest BCUT2D eigenvalue weighted by atomic mass is 10.2. The number of rotatable bonds is 6. The normalized spacial score (nSPS) is 20.5. The lowest BCUT2D eigenvalue weighted by Crippen LogP contribution is -2.42. The van der Waals surface area contributed by atoms with Crippen molar-refractivity contribution in [3.8, 4) is 5.69 Å². The maximum Gasteiger partial charge on any atom is 0.255 e.